The number of carbonyl (C=O) groups is 2. The van der Waals surface area contributed by atoms with Gasteiger partial charge in [0.1, 0.15) is 4.88 Å². The molecule has 2 N–H and O–H groups in total. The number of amides is 2. The number of halogens is 1. The Morgan fingerprint density at radius 3 is 2.64 bits per heavy atom. The van der Waals surface area contributed by atoms with Crippen LogP contribution in [0.5, 0.6) is 0 Å². The molecule has 7 heteroatoms. The molecule has 3 rings (SSSR count). The van der Waals surface area contributed by atoms with E-state index in [1.54, 1.807) is 36.0 Å². The zero-order chi connectivity index (χ0) is 17.6. The molecule has 126 valence electrons. The standard InChI is InChI=1S/C18H14BrN3O2S/c19-14-3-1-2-12(10-14)11-21-18(24)16-15(6-9-25-16)22-17(23)13-4-7-20-8-5-13/h1-10H,11H2,(H,21,24)(H,22,23). The van der Waals surface area contributed by atoms with Crippen LogP contribution in [0.4, 0.5) is 5.69 Å². The number of aromatic nitrogens is 1. The lowest BCUT2D eigenvalue weighted by molar-refractivity contribution is 0.0955. The summed E-state index contributed by atoms with van der Waals surface area (Å²) in [7, 11) is 0. The maximum Gasteiger partial charge on any atom is 0.263 e. The van der Waals surface area contributed by atoms with Crippen LogP contribution in [0.1, 0.15) is 25.6 Å². The lowest BCUT2D eigenvalue weighted by atomic mass is 10.2. The molecule has 2 amide bonds. The first-order chi connectivity index (χ1) is 12.1. The molecule has 0 radical (unpaired) electrons. The van der Waals surface area contributed by atoms with E-state index in [-0.39, 0.29) is 11.8 Å². The van der Waals surface area contributed by atoms with Crippen LogP contribution in [0.3, 0.4) is 0 Å². The lowest BCUT2D eigenvalue weighted by Crippen LogP contribution is -2.23. The fourth-order valence-corrected chi connectivity index (χ4v) is 3.40. The van der Waals surface area contributed by atoms with E-state index in [9.17, 15) is 9.59 Å². The Morgan fingerprint density at radius 2 is 1.88 bits per heavy atom. The highest BCUT2D eigenvalue weighted by atomic mass is 79.9. The van der Waals surface area contributed by atoms with Gasteiger partial charge in [-0.2, -0.15) is 0 Å². The van der Waals surface area contributed by atoms with E-state index in [2.05, 4.69) is 31.5 Å². The van der Waals surface area contributed by atoms with Gasteiger partial charge in [0.25, 0.3) is 11.8 Å². The van der Waals surface area contributed by atoms with E-state index >= 15 is 0 Å². The number of hydrogen-bond acceptors (Lipinski definition) is 4. The molecule has 0 fully saturated rings. The van der Waals surface area contributed by atoms with Crippen molar-refractivity contribution in [3.05, 3.63) is 80.7 Å². The first-order valence-electron chi connectivity index (χ1n) is 7.45. The molecule has 0 bridgehead atoms. The second-order valence-electron chi connectivity index (χ2n) is 5.17. The van der Waals surface area contributed by atoms with Crippen molar-refractivity contribution >= 4 is 44.8 Å². The van der Waals surface area contributed by atoms with Crippen molar-refractivity contribution in [2.24, 2.45) is 0 Å². The molecule has 2 aromatic heterocycles. The van der Waals surface area contributed by atoms with Gasteiger partial charge in [0.2, 0.25) is 0 Å². The van der Waals surface area contributed by atoms with Crippen LogP contribution >= 0.6 is 27.3 Å². The Kier molecular flexibility index (Phi) is 5.57. The Labute approximate surface area is 157 Å². The largest absolute Gasteiger partial charge is 0.347 e. The third-order valence-corrected chi connectivity index (χ3v) is 4.81. The Balaban J connectivity index is 1.66. The molecule has 2 heterocycles. The zero-order valence-electron chi connectivity index (χ0n) is 13.0. The fourth-order valence-electron chi connectivity index (χ4n) is 2.19. The molecule has 0 atom stereocenters. The molecule has 0 unspecified atom stereocenters. The highest BCUT2D eigenvalue weighted by molar-refractivity contribution is 9.10. The number of pyridine rings is 1. The summed E-state index contributed by atoms with van der Waals surface area (Å²) in [5.74, 6) is -0.498. The predicted octanol–water partition coefficient (Wildman–Crippen LogP) is 4.09. The molecule has 0 aliphatic carbocycles. The van der Waals surface area contributed by atoms with Gasteiger partial charge in [-0.25, -0.2) is 0 Å². The minimum Gasteiger partial charge on any atom is -0.347 e. The van der Waals surface area contributed by atoms with Gasteiger partial charge in [-0.3, -0.25) is 14.6 Å². The number of benzene rings is 1. The Morgan fingerprint density at radius 1 is 1.08 bits per heavy atom. The van der Waals surface area contributed by atoms with Crippen LogP contribution in [0, 0.1) is 0 Å². The number of carbonyl (C=O) groups excluding carboxylic acids is 2. The van der Waals surface area contributed by atoms with Crippen LogP contribution in [-0.2, 0) is 6.54 Å². The van der Waals surface area contributed by atoms with Gasteiger partial charge in [0.05, 0.1) is 5.69 Å². The minimum absolute atomic E-state index is 0.222. The molecule has 0 spiro atoms. The van der Waals surface area contributed by atoms with E-state index in [1.165, 1.54) is 11.3 Å². The maximum atomic E-state index is 12.4. The molecule has 25 heavy (non-hydrogen) atoms. The topological polar surface area (TPSA) is 71.1 Å². The molecule has 3 aromatic rings. The Hall–Kier alpha value is -2.51. The quantitative estimate of drug-likeness (QED) is 0.658. The van der Waals surface area contributed by atoms with Crippen molar-refractivity contribution in [3.63, 3.8) is 0 Å². The summed E-state index contributed by atoms with van der Waals surface area (Å²) < 4.78 is 0.959. The van der Waals surface area contributed by atoms with E-state index in [1.807, 2.05) is 24.3 Å². The molecular formula is C18H14BrN3O2S. The van der Waals surface area contributed by atoms with Gasteiger partial charge in [-0.05, 0) is 41.3 Å². The average Bonchev–Trinajstić information content (AvgIpc) is 3.08. The maximum absolute atomic E-state index is 12.4. The van der Waals surface area contributed by atoms with Crippen molar-refractivity contribution in [2.45, 2.75) is 6.54 Å². The number of rotatable bonds is 5. The molecule has 0 saturated heterocycles. The van der Waals surface area contributed by atoms with E-state index in [4.69, 9.17) is 0 Å². The number of anilines is 1. The van der Waals surface area contributed by atoms with E-state index in [0.29, 0.717) is 22.7 Å². The van der Waals surface area contributed by atoms with Gasteiger partial charge in [0.15, 0.2) is 0 Å². The minimum atomic E-state index is -0.276. The fraction of sp³-hybridized carbons (Fsp3) is 0.0556. The highest BCUT2D eigenvalue weighted by Gasteiger charge is 2.15. The van der Waals surface area contributed by atoms with Crippen LogP contribution in [-0.4, -0.2) is 16.8 Å². The normalized spacial score (nSPS) is 10.3. The van der Waals surface area contributed by atoms with Crippen molar-refractivity contribution in [1.82, 2.24) is 10.3 Å². The van der Waals surface area contributed by atoms with Crippen LogP contribution in [0.15, 0.2) is 64.7 Å². The predicted molar refractivity (Wildman–Crippen MR) is 102 cm³/mol. The van der Waals surface area contributed by atoms with Crippen LogP contribution in [0.2, 0.25) is 0 Å². The van der Waals surface area contributed by atoms with Gasteiger partial charge in [0, 0.05) is 29.0 Å². The van der Waals surface area contributed by atoms with E-state index < -0.39 is 0 Å². The third-order valence-electron chi connectivity index (χ3n) is 3.40. The summed E-state index contributed by atoms with van der Waals surface area (Å²) >= 11 is 4.69. The van der Waals surface area contributed by atoms with Gasteiger partial charge < -0.3 is 10.6 Å². The summed E-state index contributed by atoms with van der Waals surface area (Å²) in [6.45, 7) is 0.411. The van der Waals surface area contributed by atoms with Crippen molar-refractivity contribution in [2.75, 3.05) is 5.32 Å². The Bertz CT molecular complexity index is 896. The summed E-state index contributed by atoms with van der Waals surface area (Å²) in [5.41, 5.74) is 1.97. The molecule has 0 saturated carbocycles. The summed E-state index contributed by atoms with van der Waals surface area (Å²) in [6.07, 6.45) is 3.10. The average molecular weight is 416 g/mol. The summed E-state index contributed by atoms with van der Waals surface area (Å²) in [5, 5.41) is 7.42. The lowest BCUT2D eigenvalue weighted by Gasteiger charge is -2.08. The molecular weight excluding hydrogens is 402 g/mol. The van der Waals surface area contributed by atoms with Crippen LogP contribution in [0.25, 0.3) is 0 Å². The smallest absolute Gasteiger partial charge is 0.263 e. The third kappa shape index (κ3) is 4.52. The number of thiophene rings is 1. The summed E-state index contributed by atoms with van der Waals surface area (Å²) in [6, 6.07) is 12.7. The first kappa shape index (κ1) is 17.3. The monoisotopic (exact) mass is 415 g/mol. The molecule has 1 aromatic carbocycles. The van der Waals surface area contributed by atoms with Gasteiger partial charge in [-0.15, -0.1) is 11.3 Å². The second-order valence-corrected chi connectivity index (χ2v) is 7.00. The first-order valence-corrected chi connectivity index (χ1v) is 9.12. The zero-order valence-corrected chi connectivity index (χ0v) is 15.4. The SMILES string of the molecule is O=C(Nc1ccsc1C(=O)NCc1cccc(Br)c1)c1ccncc1. The molecule has 0 aliphatic heterocycles. The van der Waals surface area contributed by atoms with Gasteiger partial charge >= 0.3 is 0 Å². The second kappa shape index (κ2) is 8.04. The van der Waals surface area contributed by atoms with E-state index in [0.717, 1.165) is 10.0 Å². The number of hydrogen-bond donors (Lipinski definition) is 2. The molecule has 5 nitrogen and oxygen atoms in total. The van der Waals surface area contributed by atoms with Gasteiger partial charge in [-0.1, -0.05) is 28.1 Å². The number of nitrogens with zero attached hydrogens (tertiary/aromatic N) is 1. The van der Waals surface area contributed by atoms with Crippen molar-refractivity contribution in [1.29, 1.82) is 0 Å². The highest BCUT2D eigenvalue weighted by Crippen LogP contribution is 2.23. The van der Waals surface area contributed by atoms with Crippen molar-refractivity contribution < 1.29 is 9.59 Å². The summed E-state index contributed by atoms with van der Waals surface area (Å²) in [4.78, 5) is 29.0. The van der Waals surface area contributed by atoms with Crippen molar-refractivity contribution in [3.8, 4) is 0 Å². The number of nitrogens with one attached hydrogen (secondary N) is 2. The molecule has 0 aliphatic rings. The van der Waals surface area contributed by atoms with Crippen LogP contribution < -0.4 is 10.6 Å².